The number of ether oxygens (including phenoxy) is 1. The molecule has 1 saturated heterocycles. The monoisotopic (exact) mass is 243 g/mol. The number of likely N-dealkylation sites (N-methyl/N-ethyl adjacent to an activating group) is 1. The molecule has 102 valence electrons. The van der Waals surface area contributed by atoms with E-state index in [1.54, 1.807) is 0 Å². The maximum atomic E-state index is 5.43. The van der Waals surface area contributed by atoms with E-state index in [9.17, 15) is 0 Å². The molecule has 1 N–H and O–H groups in total. The Morgan fingerprint density at radius 1 is 1.41 bits per heavy atom. The van der Waals surface area contributed by atoms with Gasteiger partial charge in [0.2, 0.25) is 0 Å². The van der Waals surface area contributed by atoms with E-state index >= 15 is 0 Å². The number of rotatable bonds is 9. The van der Waals surface area contributed by atoms with Crippen LogP contribution in [0.1, 0.15) is 19.8 Å². The molecule has 1 rings (SSSR count). The van der Waals surface area contributed by atoms with Crippen LogP contribution in [0.25, 0.3) is 0 Å². The summed E-state index contributed by atoms with van der Waals surface area (Å²) in [6, 6.07) is 0.720. The molecule has 0 aromatic carbocycles. The van der Waals surface area contributed by atoms with E-state index in [-0.39, 0.29) is 0 Å². The van der Waals surface area contributed by atoms with Gasteiger partial charge in [0.05, 0.1) is 6.61 Å². The Labute approximate surface area is 106 Å². The number of hydrogen-bond acceptors (Lipinski definition) is 4. The maximum absolute atomic E-state index is 5.43. The molecule has 1 heterocycles. The molecule has 0 bridgehead atoms. The summed E-state index contributed by atoms with van der Waals surface area (Å²) in [5.74, 6) is 0. The third-order valence-electron chi connectivity index (χ3n) is 3.34. The Hall–Kier alpha value is -0.160. The van der Waals surface area contributed by atoms with Gasteiger partial charge in [0, 0.05) is 38.8 Å². The molecule has 1 aliphatic rings. The molecule has 0 saturated carbocycles. The SMILES string of the molecule is CCOCCN1CCCC1CNCCN(C)C. The molecular weight excluding hydrogens is 214 g/mol. The second-order valence-electron chi connectivity index (χ2n) is 5.04. The van der Waals surface area contributed by atoms with Crippen LogP contribution >= 0.6 is 0 Å². The van der Waals surface area contributed by atoms with Gasteiger partial charge in [-0.05, 0) is 40.4 Å². The van der Waals surface area contributed by atoms with Crippen LogP contribution in [0.3, 0.4) is 0 Å². The molecular formula is C13H29N3O. The first-order valence-electron chi connectivity index (χ1n) is 6.91. The summed E-state index contributed by atoms with van der Waals surface area (Å²) in [4.78, 5) is 4.78. The van der Waals surface area contributed by atoms with Crippen molar-refractivity contribution in [3.8, 4) is 0 Å². The summed E-state index contributed by atoms with van der Waals surface area (Å²) in [7, 11) is 4.23. The first-order valence-corrected chi connectivity index (χ1v) is 6.91. The van der Waals surface area contributed by atoms with Crippen LogP contribution in [-0.2, 0) is 4.74 Å². The third kappa shape index (κ3) is 6.36. The molecule has 4 heteroatoms. The first-order chi connectivity index (χ1) is 8.24. The topological polar surface area (TPSA) is 27.7 Å². The Morgan fingerprint density at radius 3 is 2.94 bits per heavy atom. The first kappa shape index (κ1) is 14.9. The summed E-state index contributed by atoms with van der Waals surface area (Å²) in [5, 5.41) is 3.55. The Morgan fingerprint density at radius 2 is 2.24 bits per heavy atom. The summed E-state index contributed by atoms with van der Waals surface area (Å²) in [6.07, 6.45) is 2.67. The minimum Gasteiger partial charge on any atom is -0.380 e. The highest BCUT2D eigenvalue weighted by molar-refractivity contribution is 4.80. The van der Waals surface area contributed by atoms with E-state index in [2.05, 4.69) is 36.1 Å². The fourth-order valence-electron chi connectivity index (χ4n) is 2.32. The fraction of sp³-hybridized carbons (Fsp3) is 1.00. The highest BCUT2D eigenvalue weighted by Gasteiger charge is 2.23. The summed E-state index contributed by atoms with van der Waals surface area (Å²) in [6.45, 7) is 9.43. The fourth-order valence-corrected chi connectivity index (χ4v) is 2.32. The zero-order valence-electron chi connectivity index (χ0n) is 11.7. The summed E-state index contributed by atoms with van der Waals surface area (Å²) < 4.78 is 5.43. The lowest BCUT2D eigenvalue weighted by atomic mass is 10.2. The molecule has 1 fully saturated rings. The van der Waals surface area contributed by atoms with Crippen molar-refractivity contribution in [3.63, 3.8) is 0 Å². The number of nitrogens with zero attached hydrogens (tertiary/aromatic N) is 2. The van der Waals surface area contributed by atoms with Crippen LogP contribution in [0, 0.1) is 0 Å². The van der Waals surface area contributed by atoms with Crippen molar-refractivity contribution in [3.05, 3.63) is 0 Å². The van der Waals surface area contributed by atoms with Crippen LogP contribution in [-0.4, -0.2) is 75.9 Å². The van der Waals surface area contributed by atoms with Crippen LogP contribution in [0.2, 0.25) is 0 Å². The lowest BCUT2D eigenvalue weighted by Crippen LogP contribution is -2.41. The summed E-state index contributed by atoms with van der Waals surface area (Å²) >= 11 is 0. The highest BCUT2D eigenvalue weighted by Crippen LogP contribution is 2.15. The number of hydrogen-bond donors (Lipinski definition) is 1. The molecule has 17 heavy (non-hydrogen) atoms. The van der Waals surface area contributed by atoms with Crippen molar-refractivity contribution >= 4 is 0 Å². The maximum Gasteiger partial charge on any atom is 0.0593 e. The van der Waals surface area contributed by atoms with Crippen molar-refractivity contribution in [2.45, 2.75) is 25.8 Å². The van der Waals surface area contributed by atoms with Gasteiger partial charge in [-0.3, -0.25) is 4.90 Å². The van der Waals surface area contributed by atoms with Gasteiger partial charge >= 0.3 is 0 Å². The van der Waals surface area contributed by atoms with Crippen molar-refractivity contribution < 1.29 is 4.74 Å². The van der Waals surface area contributed by atoms with Gasteiger partial charge in [-0.1, -0.05) is 0 Å². The van der Waals surface area contributed by atoms with Gasteiger partial charge in [0.25, 0.3) is 0 Å². The lowest BCUT2D eigenvalue weighted by Gasteiger charge is -2.24. The van der Waals surface area contributed by atoms with E-state index in [1.165, 1.54) is 19.4 Å². The highest BCUT2D eigenvalue weighted by atomic mass is 16.5. The Balaban J connectivity index is 2.09. The van der Waals surface area contributed by atoms with Gasteiger partial charge < -0.3 is 15.0 Å². The summed E-state index contributed by atoms with van der Waals surface area (Å²) in [5.41, 5.74) is 0. The van der Waals surface area contributed by atoms with Crippen molar-refractivity contribution in [2.75, 3.05) is 60.0 Å². The molecule has 1 atom stereocenters. The van der Waals surface area contributed by atoms with E-state index in [0.29, 0.717) is 0 Å². The predicted octanol–water partition coefficient (Wildman–Crippen LogP) is 0.639. The minimum atomic E-state index is 0.720. The Kier molecular flexibility index (Phi) is 7.77. The zero-order valence-corrected chi connectivity index (χ0v) is 11.7. The predicted molar refractivity (Wildman–Crippen MR) is 72.5 cm³/mol. The number of nitrogens with one attached hydrogen (secondary N) is 1. The zero-order chi connectivity index (χ0) is 12.5. The largest absolute Gasteiger partial charge is 0.380 e. The van der Waals surface area contributed by atoms with Gasteiger partial charge in [-0.25, -0.2) is 0 Å². The van der Waals surface area contributed by atoms with E-state index in [1.807, 2.05) is 0 Å². The molecule has 0 aromatic rings. The van der Waals surface area contributed by atoms with E-state index in [0.717, 1.165) is 45.4 Å². The Bertz CT molecular complexity index is 188. The van der Waals surface area contributed by atoms with Crippen LogP contribution in [0.4, 0.5) is 0 Å². The van der Waals surface area contributed by atoms with Crippen molar-refractivity contribution in [1.82, 2.24) is 15.1 Å². The van der Waals surface area contributed by atoms with Crippen LogP contribution in [0.15, 0.2) is 0 Å². The van der Waals surface area contributed by atoms with E-state index in [4.69, 9.17) is 4.74 Å². The number of likely N-dealkylation sites (tertiary alicyclic amines) is 1. The second-order valence-corrected chi connectivity index (χ2v) is 5.04. The van der Waals surface area contributed by atoms with Crippen molar-refractivity contribution in [2.24, 2.45) is 0 Å². The molecule has 1 aliphatic heterocycles. The average molecular weight is 243 g/mol. The molecule has 1 unspecified atom stereocenters. The molecule has 0 amide bonds. The quantitative estimate of drug-likeness (QED) is 0.602. The molecule has 0 spiro atoms. The van der Waals surface area contributed by atoms with Gasteiger partial charge in [0.15, 0.2) is 0 Å². The van der Waals surface area contributed by atoms with Gasteiger partial charge in [0.1, 0.15) is 0 Å². The van der Waals surface area contributed by atoms with E-state index < -0.39 is 0 Å². The average Bonchev–Trinajstić information content (AvgIpc) is 2.72. The normalized spacial score (nSPS) is 21.5. The minimum absolute atomic E-state index is 0.720. The third-order valence-corrected chi connectivity index (χ3v) is 3.34. The molecule has 0 radical (unpaired) electrons. The van der Waals surface area contributed by atoms with Gasteiger partial charge in [-0.2, -0.15) is 0 Å². The molecule has 4 nitrogen and oxygen atoms in total. The molecule has 0 aromatic heterocycles. The molecule has 0 aliphatic carbocycles. The van der Waals surface area contributed by atoms with Gasteiger partial charge in [-0.15, -0.1) is 0 Å². The van der Waals surface area contributed by atoms with Crippen molar-refractivity contribution in [1.29, 1.82) is 0 Å². The smallest absolute Gasteiger partial charge is 0.0593 e. The van der Waals surface area contributed by atoms with Crippen LogP contribution in [0.5, 0.6) is 0 Å². The van der Waals surface area contributed by atoms with Crippen LogP contribution < -0.4 is 5.32 Å². The lowest BCUT2D eigenvalue weighted by molar-refractivity contribution is 0.108. The standard InChI is InChI=1S/C13H29N3O/c1-4-17-11-10-16-8-5-6-13(16)12-14-7-9-15(2)3/h13-14H,4-12H2,1-3H3. The second kappa shape index (κ2) is 8.86.